The average molecular weight is 357 g/mol. The first-order chi connectivity index (χ1) is 12.5. The Kier molecular flexibility index (Phi) is 7.02. The third kappa shape index (κ3) is 5.81. The SMILES string of the molecule is COc1ccc(CNC(=O)[C@H](C)OC(=O)Cc2ccc(OC)cc2)cc1. The van der Waals surface area contributed by atoms with E-state index in [1.807, 2.05) is 24.3 Å². The van der Waals surface area contributed by atoms with Gasteiger partial charge in [0.25, 0.3) is 5.91 Å². The summed E-state index contributed by atoms with van der Waals surface area (Å²) in [4.78, 5) is 24.1. The summed E-state index contributed by atoms with van der Waals surface area (Å²) in [5.74, 6) is 0.667. The van der Waals surface area contributed by atoms with Gasteiger partial charge in [0.05, 0.1) is 20.6 Å². The Balaban J connectivity index is 1.78. The molecule has 1 atom stereocenters. The van der Waals surface area contributed by atoms with Crippen LogP contribution in [0, 0.1) is 0 Å². The highest BCUT2D eigenvalue weighted by Crippen LogP contribution is 2.13. The van der Waals surface area contributed by atoms with Gasteiger partial charge in [0, 0.05) is 6.54 Å². The Bertz CT molecular complexity index is 725. The predicted molar refractivity (Wildman–Crippen MR) is 97.1 cm³/mol. The van der Waals surface area contributed by atoms with Crippen molar-refractivity contribution >= 4 is 11.9 Å². The maximum atomic E-state index is 12.1. The minimum absolute atomic E-state index is 0.0973. The number of carbonyl (C=O) groups is 2. The molecule has 0 radical (unpaired) electrons. The normalized spacial score (nSPS) is 11.3. The van der Waals surface area contributed by atoms with Gasteiger partial charge in [-0.1, -0.05) is 24.3 Å². The number of rotatable bonds is 8. The molecule has 0 spiro atoms. The van der Waals surface area contributed by atoms with Crippen molar-refractivity contribution < 1.29 is 23.8 Å². The molecule has 0 fully saturated rings. The monoisotopic (exact) mass is 357 g/mol. The number of methoxy groups -OCH3 is 2. The van der Waals surface area contributed by atoms with Gasteiger partial charge in [-0.15, -0.1) is 0 Å². The lowest BCUT2D eigenvalue weighted by atomic mass is 10.1. The van der Waals surface area contributed by atoms with Crippen molar-refractivity contribution in [2.24, 2.45) is 0 Å². The molecule has 1 amide bonds. The van der Waals surface area contributed by atoms with Crippen LogP contribution in [-0.4, -0.2) is 32.2 Å². The highest BCUT2D eigenvalue weighted by atomic mass is 16.5. The molecule has 0 aromatic heterocycles. The summed E-state index contributed by atoms with van der Waals surface area (Å²) in [6, 6.07) is 14.5. The second-order valence-electron chi connectivity index (χ2n) is 5.72. The first-order valence-electron chi connectivity index (χ1n) is 8.25. The Morgan fingerprint density at radius 1 is 0.885 bits per heavy atom. The second-order valence-corrected chi connectivity index (χ2v) is 5.72. The summed E-state index contributed by atoms with van der Waals surface area (Å²) >= 11 is 0. The van der Waals surface area contributed by atoms with E-state index in [0.717, 1.165) is 16.9 Å². The zero-order valence-electron chi connectivity index (χ0n) is 15.2. The van der Waals surface area contributed by atoms with Crippen LogP contribution >= 0.6 is 0 Å². The number of benzene rings is 2. The van der Waals surface area contributed by atoms with Gasteiger partial charge in [-0.3, -0.25) is 9.59 Å². The van der Waals surface area contributed by atoms with Crippen molar-refractivity contribution in [2.75, 3.05) is 14.2 Å². The summed E-state index contributed by atoms with van der Waals surface area (Å²) in [7, 11) is 3.17. The van der Waals surface area contributed by atoms with E-state index in [1.165, 1.54) is 0 Å². The minimum Gasteiger partial charge on any atom is -0.497 e. The lowest BCUT2D eigenvalue weighted by Gasteiger charge is -2.14. The van der Waals surface area contributed by atoms with E-state index in [9.17, 15) is 9.59 Å². The number of hydrogen-bond donors (Lipinski definition) is 1. The number of hydrogen-bond acceptors (Lipinski definition) is 5. The molecule has 0 bridgehead atoms. The molecule has 0 unspecified atom stereocenters. The van der Waals surface area contributed by atoms with Gasteiger partial charge in [-0.25, -0.2) is 0 Å². The molecule has 0 saturated heterocycles. The molecule has 1 N–H and O–H groups in total. The van der Waals surface area contributed by atoms with Crippen LogP contribution in [0.1, 0.15) is 18.1 Å². The molecule has 138 valence electrons. The summed E-state index contributed by atoms with van der Waals surface area (Å²) in [6.07, 6.45) is -0.765. The third-order valence-electron chi connectivity index (χ3n) is 3.81. The molecule has 0 heterocycles. The minimum atomic E-state index is -0.862. The van der Waals surface area contributed by atoms with Crippen molar-refractivity contribution in [1.29, 1.82) is 0 Å². The molecular formula is C20H23NO5. The molecule has 0 aliphatic rings. The lowest BCUT2D eigenvalue weighted by Crippen LogP contribution is -2.35. The van der Waals surface area contributed by atoms with E-state index >= 15 is 0 Å². The fraction of sp³-hybridized carbons (Fsp3) is 0.300. The smallest absolute Gasteiger partial charge is 0.311 e. The van der Waals surface area contributed by atoms with Crippen LogP contribution in [0.2, 0.25) is 0 Å². The molecule has 0 saturated carbocycles. The second kappa shape index (κ2) is 9.46. The van der Waals surface area contributed by atoms with Crippen molar-refractivity contribution in [3.05, 3.63) is 59.7 Å². The molecule has 2 rings (SSSR count). The van der Waals surface area contributed by atoms with E-state index in [-0.39, 0.29) is 12.3 Å². The number of nitrogens with one attached hydrogen (secondary N) is 1. The molecule has 2 aromatic rings. The van der Waals surface area contributed by atoms with E-state index < -0.39 is 12.1 Å². The van der Waals surface area contributed by atoms with E-state index in [1.54, 1.807) is 45.4 Å². The van der Waals surface area contributed by atoms with E-state index in [2.05, 4.69) is 5.32 Å². The number of ether oxygens (including phenoxy) is 3. The molecule has 0 aliphatic carbocycles. The van der Waals surface area contributed by atoms with Crippen LogP contribution in [0.3, 0.4) is 0 Å². The van der Waals surface area contributed by atoms with Crippen LogP contribution in [0.5, 0.6) is 11.5 Å². The Hall–Kier alpha value is -3.02. The van der Waals surface area contributed by atoms with Gasteiger partial charge >= 0.3 is 5.97 Å². The van der Waals surface area contributed by atoms with Crippen LogP contribution in [0.15, 0.2) is 48.5 Å². The maximum Gasteiger partial charge on any atom is 0.311 e. The van der Waals surface area contributed by atoms with Crippen molar-refractivity contribution in [2.45, 2.75) is 26.0 Å². The van der Waals surface area contributed by atoms with Gasteiger partial charge in [0.1, 0.15) is 11.5 Å². The van der Waals surface area contributed by atoms with Gasteiger partial charge < -0.3 is 19.5 Å². The molecule has 2 aromatic carbocycles. The molecule has 26 heavy (non-hydrogen) atoms. The van der Waals surface area contributed by atoms with Gasteiger partial charge in [0.2, 0.25) is 0 Å². The number of esters is 1. The van der Waals surface area contributed by atoms with Crippen molar-refractivity contribution in [3.63, 3.8) is 0 Å². The summed E-state index contributed by atoms with van der Waals surface area (Å²) in [5, 5.41) is 2.75. The fourth-order valence-corrected chi connectivity index (χ4v) is 2.28. The van der Waals surface area contributed by atoms with Gasteiger partial charge in [0.15, 0.2) is 6.10 Å². The van der Waals surface area contributed by atoms with Gasteiger partial charge in [-0.05, 0) is 42.3 Å². The first-order valence-corrected chi connectivity index (χ1v) is 8.25. The van der Waals surface area contributed by atoms with Crippen LogP contribution in [-0.2, 0) is 27.3 Å². The van der Waals surface area contributed by atoms with Crippen LogP contribution in [0.25, 0.3) is 0 Å². The van der Waals surface area contributed by atoms with Crippen LogP contribution in [0.4, 0.5) is 0 Å². The molecule has 6 nitrogen and oxygen atoms in total. The quantitative estimate of drug-likeness (QED) is 0.735. The molecular weight excluding hydrogens is 334 g/mol. The molecule has 0 aliphatic heterocycles. The average Bonchev–Trinajstić information content (AvgIpc) is 2.66. The van der Waals surface area contributed by atoms with E-state index in [4.69, 9.17) is 14.2 Å². The number of carbonyl (C=O) groups excluding carboxylic acids is 2. The topological polar surface area (TPSA) is 73.9 Å². The Labute approximate surface area is 153 Å². The van der Waals surface area contributed by atoms with Gasteiger partial charge in [-0.2, -0.15) is 0 Å². The Morgan fingerprint density at radius 2 is 1.38 bits per heavy atom. The zero-order chi connectivity index (χ0) is 18.9. The largest absolute Gasteiger partial charge is 0.497 e. The Morgan fingerprint density at radius 3 is 1.88 bits per heavy atom. The number of amides is 1. The van der Waals surface area contributed by atoms with Crippen molar-refractivity contribution in [3.8, 4) is 11.5 Å². The lowest BCUT2D eigenvalue weighted by molar-refractivity contribution is -0.154. The summed E-state index contributed by atoms with van der Waals surface area (Å²) in [6.45, 7) is 1.90. The maximum absolute atomic E-state index is 12.1. The first kappa shape index (κ1) is 19.3. The zero-order valence-corrected chi connectivity index (χ0v) is 15.2. The highest BCUT2D eigenvalue weighted by Gasteiger charge is 2.17. The fourth-order valence-electron chi connectivity index (χ4n) is 2.28. The molecule has 6 heteroatoms. The van der Waals surface area contributed by atoms with E-state index in [0.29, 0.717) is 12.3 Å². The highest BCUT2D eigenvalue weighted by molar-refractivity contribution is 5.83. The third-order valence-corrected chi connectivity index (χ3v) is 3.81. The summed E-state index contributed by atoms with van der Waals surface area (Å²) in [5.41, 5.74) is 1.72. The summed E-state index contributed by atoms with van der Waals surface area (Å²) < 4.78 is 15.4. The van der Waals surface area contributed by atoms with Crippen molar-refractivity contribution in [1.82, 2.24) is 5.32 Å². The predicted octanol–water partition coefficient (Wildman–Crippen LogP) is 2.49. The standard InChI is InChI=1S/C20H23NO5/c1-14(20(23)21-13-16-6-10-18(25-3)11-7-16)26-19(22)12-15-4-8-17(24-2)9-5-15/h4-11,14H,12-13H2,1-3H3,(H,21,23)/t14-/m0/s1. The van der Waals surface area contributed by atoms with Crippen LogP contribution < -0.4 is 14.8 Å².